The maximum absolute atomic E-state index is 12.5. The molecule has 2 aliphatic rings. The van der Waals surface area contributed by atoms with Gasteiger partial charge in [0, 0.05) is 18.3 Å². The first-order valence-corrected chi connectivity index (χ1v) is 7.68. The van der Waals surface area contributed by atoms with Crippen LogP contribution in [-0.2, 0) is 4.79 Å². The van der Waals surface area contributed by atoms with Crippen LogP contribution >= 0.6 is 11.8 Å². The predicted octanol–water partition coefficient (Wildman–Crippen LogP) is 1.83. The molecule has 6 heteroatoms. The van der Waals surface area contributed by atoms with Crippen LogP contribution in [0.3, 0.4) is 0 Å². The van der Waals surface area contributed by atoms with E-state index in [4.69, 9.17) is 5.11 Å². The van der Waals surface area contributed by atoms with E-state index in [9.17, 15) is 9.59 Å². The molecule has 0 aromatic rings. The number of carboxylic acid groups (broad SMARTS) is 1. The Bertz CT molecular complexity index is 337. The molecule has 102 valence electrons. The summed E-state index contributed by atoms with van der Waals surface area (Å²) in [7, 11) is 0. The van der Waals surface area contributed by atoms with E-state index in [1.54, 1.807) is 0 Å². The van der Waals surface area contributed by atoms with Crippen LogP contribution in [0, 0.1) is 0 Å². The Morgan fingerprint density at radius 2 is 2.11 bits per heavy atom. The molecule has 0 aromatic carbocycles. The number of carbonyl (C=O) groups excluding carboxylic acids is 1. The van der Waals surface area contributed by atoms with E-state index < -0.39 is 12.0 Å². The quantitative estimate of drug-likeness (QED) is 0.833. The van der Waals surface area contributed by atoms with E-state index in [1.807, 2.05) is 4.90 Å². The highest BCUT2D eigenvalue weighted by atomic mass is 32.2. The fourth-order valence-corrected chi connectivity index (χ4v) is 3.82. The van der Waals surface area contributed by atoms with E-state index in [-0.39, 0.29) is 12.1 Å². The van der Waals surface area contributed by atoms with Crippen molar-refractivity contribution in [2.24, 2.45) is 0 Å². The Morgan fingerprint density at radius 1 is 1.33 bits per heavy atom. The highest BCUT2D eigenvalue weighted by Gasteiger charge is 2.38. The molecule has 0 aromatic heterocycles. The van der Waals surface area contributed by atoms with Crippen LogP contribution in [0.25, 0.3) is 0 Å². The summed E-state index contributed by atoms with van der Waals surface area (Å²) in [5, 5.41) is 9.13. The Kier molecular flexibility index (Phi) is 4.37. The van der Waals surface area contributed by atoms with Gasteiger partial charge in [-0.1, -0.05) is 6.92 Å². The maximum atomic E-state index is 12.5. The van der Waals surface area contributed by atoms with Gasteiger partial charge < -0.3 is 14.9 Å². The second-order valence-corrected chi connectivity index (χ2v) is 5.86. The van der Waals surface area contributed by atoms with E-state index in [0.29, 0.717) is 11.6 Å². The molecule has 2 rings (SSSR count). The average Bonchev–Trinajstić information content (AvgIpc) is 2.87. The molecular weight excluding hydrogens is 252 g/mol. The molecule has 18 heavy (non-hydrogen) atoms. The molecule has 0 radical (unpaired) electrons. The second kappa shape index (κ2) is 5.82. The molecule has 2 atom stereocenters. The van der Waals surface area contributed by atoms with E-state index in [2.05, 4.69) is 6.92 Å². The molecule has 2 fully saturated rings. The summed E-state index contributed by atoms with van der Waals surface area (Å²) in [5.41, 5.74) is 0. The van der Waals surface area contributed by atoms with Gasteiger partial charge >= 0.3 is 12.0 Å². The normalized spacial score (nSPS) is 28.5. The summed E-state index contributed by atoms with van der Waals surface area (Å²) < 4.78 is 0. The Hall–Kier alpha value is -0.910. The van der Waals surface area contributed by atoms with Gasteiger partial charge in [0.05, 0.1) is 5.88 Å². The van der Waals surface area contributed by atoms with Gasteiger partial charge in [-0.25, -0.2) is 9.59 Å². The van der Waals surface area contributed by atoms with Crippen molar-refractivity contribution in [2.75, 3.05) is 18.2 Å². The number of piperidine rings is 1. The fraction of sp³-hybridized carbons (Fsp3) is 0.833. The molecule has 0 spiro atoms. The van der Waals surface area contributed by atoms with Gasteiger partial charge in [-0.2, -0.15) is 0 Å². The van der Waals surface area contributed by atoms with Crippen LogP contribution in [0.5, 0.6) is 0 Å². The maximum Gasteiger partial charge on any atom is 0.327 e. The SMILES string of the molecule is CCC1CCCCN1C(=O)N1CSCC1C(=O)O. The van der Waals surface area contributed by atoms with Gasteiger partial charge in [0.1, 0.15) is 6.04 Å². The zero-order valence-electron chi connectivity index (χ0n) is 10.7. The first-order chi connectivity index (χ1) is 8.65. The van der Waals surface area contributed by atoms with Gasteiger partial charge in [0.15, 0.2) is 0 Å². The minimum atomic E-state index is -0.890. The highest BCUT2D eigenvalue weighted by Crippen LogP contribution is 2.26. The third-order valence-corrected chi connectivity index (χ3v) is 4.77. The number of hydrogen-bond acceptors (Lipinski definition) is 3. The van der Waals surface area contributed by atoms with E-state index in [1.165, 1.54) is 23.1 Å². The summed E-state index contributed by atoms with van der Waals surface area (Å²) in [6.07, 6.45) is 4.19. The molecule has 2 aliphatic heterocycles. The Labute approximate surface area is 112 Å². The summed E-state index contributed by atoms with van der Waals surface area (Å²) in [6.45, 7) is 2.86. The van der Waals surface area contributed by atoms with Crippen LogP contribution in [0.15, 0.2) is 0 Å². The molecular formula is C12H20N2O3S. The summed E-state index contributed by atoms with van der Waals surface area (Å²) in [6, 6.07) is -0.452. The first-order valence-electron chi connectivity index (χ1n) is 6.53. The molecule has 0 saturated carbocycles. The van der Waals surface area contributed by atoms with E-state index in [0.717, 1.165) is 25.8 Å². The van der Waals surface area contributed by atoms with Crippen LogP contribution in [-0.4, -0.2) is 57.2 Å². The number of amides is 2. The lowest BCUT2D eigenvalue weighted by Crippen LogP contribution is -2.53. The first kappa shape index (κ1) is 13.5. The number of hydrogen-bond donors (Lipinski definition) is 1. The van der Waals surface area contributed by atoms with Crippen LogP contribution in [0.1, 0.15) is 32.6 Å². The second-order valence-electron chi connectivity index (χ2n) is 4.86. The number of carboxylic acids is 1. The third-order valence-electron chi connectivity index (χ3n) is 3.76. The van der Waals surface area contributed by atoms with Crippen LogP contribution in [0.4, 0.5) is 4.79 Å². The summed E-state index contributed by atoms with van der Waals surface area (Å²) in [4.78, 5) is 27.0. The van der Waals surface area contributed by atoms with Crippen molar-refractivity contribution in [1.29, 1.82) is 0 Å². The minimum absolute atomic E-state index is 0.0843. The van der Waals surface area contributed by atoms with Crippen molar-refractivity contribution in [3.8, 4) is 0 Å². The number of carbonyl (C=O) groups is 2. The zero-order valence-corrected chi connectivity index (χ0v) is 11.5. The van der Waals surface area contributed by atoms with Crippen molar-refractivity contribution in [2.45, 2.75) is 44.7 Å². The van der Waals surface area contributed by atoms with Gasteiger partial charge in [-0.05, 0) is 25.7 Å². The number of urea groups is 1. The van der Waals surface area contributed by atoms with Crippen molar-refractivity contribution in [3.63, 3.8) is 0 Å². The minimum Gasteiger partial charge on any atom is -0.480 e. The molecule has 0 bridgehead atoms. The molecule has 5 nitrogen and oxygen atoms in total. The number of likely N-dealkylation sites (tertiary alicyclic amines) is 1. The molecule has 2 amide bonds. The van der Waals surface area contributed by atoms with Crippen molar-refractivity contribution in [3.05, 3.63) is 0 Å². The van der Waals surface area contributed by atoms with Crippen LogP contribution in [0.2, 0.25) is 0 Å². The summed E-state index contributed by atoms with van der Waals surface area (Å²) >= 11 is 1.52. The van der Waals surface area contributed by atoms with Gasteiger partial charge in [-0.3, -0.25) is 0 Å². The Morgan fingerprint density at radius 3 is 2.78 bits per heavy atom. The monoisotopic (exact) mass is 272 g/mol. The van der Waals surface area contributed by atoms with Gasteiger partial charge in [-0.15, -0.1) is 11.8 Å². The largest absolute Gasteiger partial charge is 0.480 e. The lowest BCUT2D eigenvalue weighted by molar-refractivity contribution is -0.141. The lowest BCUT2D eigenvalue weighted by atomic mass is 10.0. The molecule has 2 unspecified atom stereocenters. The van der Waals surface area contributed by atoms with Gasteiger partial charge in [0.2, 0.25) is 0 Å². The molecule has 2 heterocycles. The van der Waals surface area contributed by atoms with Crippen LogP contribution < -0.4 is 0 Å². The number of thioether (sulfide) groups is 1. The summed E-state index contributed by atoms with van der Waals surface area (Å²) in [5.74, 6) is 0.118. The fourth-order valence-electron chi connectivity index (χ4n) is 2.68. The van der Waals surface area contributed by atoms with Gasteiger partial charge in [0.25, 0.3) is 0 Å². The molecule has 1 N–H and O–H groups in total. The Balaban J connectivity index is 2.07. The van der Waals surface area contributed by atoms with Crippen molar-refractivity contribution < 1.29 is 14.7 Å². The lowest BCUT2D eigenvalue weighted by Gasteiger charge is -2.38. The average molecular weight is 272 g/mol. The third kappa shape index (κ3) is 2.58. The van der Waals surface area contributed by atoms with E-state index >= 15 is 0 Å². The molecule has 0 aliphatic carbocycles. The number of rotatable bonds is 2. The zero-order chi connectivity index (χ0) is 13.1. The van der Waals surface area contributed by atoms with Crippen molar-refractivity contribution in [1.82, 2.24) is 9.80 Å². The smallest absolute Gasteiger partial charge is 0.327 e. The molecule has 2 saturated heterocycles. The number of nitrogens with zero attached hydrogens (tertiary/aromatic N) is 2. The highest BCUT2D eigenvalue weighted by molar-refractivity contribution is 7.99. The predicted molar refractivity (Wildman–Crippen MR) is 70.6 cm³/mol. The standard InChI is InChI=1S/C12H20N2O3S/c1-2-9-5-3-4-6-13(9)12(17)14-8-18-7-10(14)11(15)16/h9-10H,2-8H2,1H3,(H,15,16). The number of aliphatic carboxylic acids is 1. The topological polar surface area (TPSA) is 60.9 Å². The van der Waals surface area contributed by atoms with Crippen molar-refractivity contribution >= 4 is 23.8 Å².